The van der Waals surface area contributed by atoms with Gasteiger partial charge in [0.05, 0.1) is 26.4 Å². The molecule has 3 rings (SSSR count). The minimum absolute atomic E-state index is 0.169. The van der Waals surface area contributed by atoms with E-state index in [1.807, 2.05) is 42.5 Å². The van der Waals surface area contributed by atoms with Gasteiger partial charge in [-0.25, -0.2) is 0 Å². The summed E-state index contributed by atoms with van der Waals surface area (Å²) in [7, 11) is 0. The second-order valence-corrected chi connectivity index (χ2v) is 10.4. The van der Waals surface area contributed by atoms with Gasteiger partial charge in [0.25, 0.3) is 0 Å². The van der Waals surface area contributed by atoms with Gasteiger partial charge < -0.3 is 18.9 Å². The van der Waals surface area contributed by atoms with Gasteiger partial charge in [0, 0.05) is 0 Å². The molecule has 2 aromatic rings. The Kier molecular flexibility index (Phi) is 16.1. The summed E-state index contributed by atoms with van der Waals surface area (Å²) < 4.78 is 24.6. The third-order valence-corrected chi connectivity index (χ3v) is 7.09. The summed E-state index contributed by atoms with van der Waals surface area (Å²) >= 11 is 0. The van der Waals surface area contributed by atoms with Crippen molar-refractivity contribution in [3.63, 3.8) is 0 Å². The van der Waals surface area contributed by atoms with E-state index in [9.17, 15) is 0 Å². The van der Waals surface area contributed by atoms with Crippen LogP contribution in [0.4, 0.5) is 0 Å². The molecule has 3 atom stereocenters. The van der Waals surface area contributed by atoms with Crippen LogP contribution in [-0.2, 0) is 32.2 Å². The van der Waals surface area contributed by atoms with E-state index < -0.39 is 0 Å². The lowest BCUT2D eigenvalue weighted by molar-refractivity contribution is -0.195. The number of rotatable bonds is 21. The first-order chi connectivity index (χ1) is 18.8. The molecule has 4 heteroatoms. The summed E-state index contributed by atoms with van der Waals surface area (Å²) in [5, 5.41) is 0. The van der Waals surface area contributed by atoms with E-state index >= 15 is 0 Å². The van der Waals surface area contributed by atoms with Crippen molar-refractivity contribution in [2.24, 2.45) is 0 Å². The van der Waals surface area contributed by atoms with E-state index in [1.165, 1.54) is 70.6 Å². The predicted molar refractivity (Wildman–Crippen MR) is 156 cm³/mol. The van der Waals surface area contributed by atoms with Gasteiger partial charge in [-0.1, -0.05) is 144 Å². The monoisotopic (exact) mass is 522 g/mol. The Morgan fingerprint density at radius 1 is 0.605 bits per heavy atom. The molecule has 210 valence electrons. The molecule has 4 nitrogen and oxygen atoms in total. The summed E-state index contributed by atoms with van der Waals surface area (Å²) in [5.74, 6) is 0. The molecule has 0 aromatic heterocycles. The minimum atomic E-state index is -0.343. The Hall–Kier alpha value is -1.98. The van der Waals surface area contributed by atoms with Gasteiger partial charge in [-0.2, -0.15) is 0 Å². The zero-order chi connectivity index (χ0) is 26.5. The highest BCUT2D eigenvalue weighted by molar-refractivity contribution is 5.14. The minimum Gasteiger partial charge on any atom is -0.374 e. The van der Waals surface area contributed by atoms with Crippen LogP contribution in [0.15, 0.2) is 72.8 Å². The Balaban J connectivity index is 1.31. The van der Waals surface area contributed by atoms with Crippen LogP contribution in [0.1, 0.15) is 95.1 Å². The lowest BCUT2D eigenvalue weighted by Crippen LogP contribution is -2.41. The molecular weight excluding hydrogens is 472 g/mol. The van der Waals surface area contributed by atoms with Crippen molar-refractivity contribution in [3.8, 4) is 0 Å². The van der Waals surface area contributed by atoms with Crippen molar-refractivity contribution >= 4 is 0 Å². The lowest BCUT2D eigenvalue weighted by atomic mass is 10.1. The van der Waals surface area contributed by atoms with Gasteiger partial charge >= 0.3 is 0 Å². The third-order valence-electron chi connectivity index (χ3n) is 7.09. The van der Waals surface area contributed by atoms with Crippen LogP contribution in [0.5, 0.6) is 0 Å². The van der Waals surface area contributed by atoms with Crippen molar-refractivity contribution in [3.05, 3.63) is 83.9 Å². The van der Waals surface area contributed by atoms with Crippen LogP contribution in [0.2, 0.25) is 0 Å². The number of benzene rings is 2. The molecule has 2 aromatic carbocycles. The van der Waals surface area contributed by atoms with Crippen LogP contribution in [0.25, 0.3) is 0 Å². The van der Waals surface area contributed by atoms with Crippen LogP contribution in [-0.4, -0.2) is 31.7 Å². The molecule has 1 aliphatic rings. The van der Waals surface area contributed by atoms with E-state index in [0.29, 0.717) is 19.8 Å². The quantitative estimate of drug-likeness (QED) is 0.121. The maximum absolute atomic E-state index is 6.27. The van der Waals surface area contributed by atoms with Gasteiger partial charge in [-0.3, -0.25) is 0 Å². The van der Waals surface area contributed by atoms with Crippen molar-refractivity contribution in [1.29, 1.82) is 0 Å². The molecule has 0 bridgehead atoms. The second-order valence-electron chi connectivity index (χ2n) is 10.4. The number of hydrogen-bond donors (Lipinski definition) is 0. The van der Waals surface area contributed by atoms with Crippen LogP contribution in [0.3, 0.4) is 0 Å². The van der Waals surface area contributed by atoms with Crippen LogP contribution < -0.4 is 0 Å². The molecule has 0 fully saturated rings. The SMILES string of the molecule is CCCCCCCCCCCCCCO[C@@H]1C=C[C@H](OCc2ccccc2)[C@@H](COCc2ccccc2)O1. The molecule has 1 aliphatic heterocycles. The average Bonchev–Trinajstić information content (AvgIpc) is 2.96. The normalized spacial score (nSPS) is 19.1. The Morgan fingerprint density at radius 3 is 1.76 bits per heavy atom. The Morgan fingerprint density at radius 2 is 1.16 bits per heavy atom. The fraction of sp³-hybridized carbons (Fsp3) is 0.588. The molecular formula is C34H50O4. The van der Waals surface area contributed by atoms with Gasteiger partial charge in [-0.05, 0) is 23.6 Å². The average molecular weight is 523 g/mol. The van der Waals surface area contributed by atoms with Crippen LogP contribution in [0, 0.1) is 0 Å². The van der Waals surface area contributed by atoms with Crippen molar-refractivity contribution < 1.29 is 18.9 Å². The molecule has 0 saturated carbocycles. The number of ether oxygens (including phenoxy) is 4. The smallest absolute Gasteiger partial charge is 0.177 e. The summed E-state index contributed by atoms with van der Waals surface area (Å²) in [6, 6.07) is 20.5. The number of hydrogen-bond acceptors (Lipinski definition) is 4. The summed E-state index contributed by atoms with van der Waals surface area (Å²) in [6.45, 7) is 4.55. The fourth-order valence-electron chi connectivity index (χ4n) is 4.79. The van der Waals surface area contributed by atoms with Gasteiger partial charge in [0.1, 0.15) is 12.2 Å². The first-order valence-corrected chi connectivity index (χ1v) is 15.1. The van der Waals surface area contributed by atoms with Crippen LogP contribution >= 0.6 is 0 Å². The fourth-order valence-corrected chi connectivity index (χ4v) is 4.79. The summed E-state index contributed by atoms with van der Waals surface area (Å²) in [5.41, 5.74) is 2.30. The second kappa shape index (κ2) is 20.0. The molecule has 0 amide bonds. The predicted octanol–water partition coefficient (Wildman–Crippen LogP) is 8.79. The maximum Gasteiger partial charge on any atom is 0.177 e. The molecule has 0 radical (unpaired) electrons. The third kappa shape index (κ3) is 13.2. The first-order valence-electron chi connectivity index (χ1n) is 15.1. The van der Waals surface area contributed by atoms with E-state index in [0.717, 1.165) is 24.2 Å². The summed E-state index contributed by atoms with van der Waals surface area (Å²) in [4.78, 5) is 0. The van der Waals surface area contributed by atoms with Crippen molar-refractivity contribution in [2.45, 2.75) is 116 Å². The largest absolute Gasteiger partial charge is 0.374 e. The molecule has 0 unspecified atom stereocenters. The highest BCUT2D eigenvalue weighted by atomic mass is 16.7. The molecule has 0 aliphatic carbocycles. The Labute approximate surface area is 231 Å². The van der Waals surface area contributed by atoms with Crippen molar-refractivity contribution in [2.75, 3.05) is 13.2 Å². The Bertz CT molecular complexity index is 838. The van der Waals surface area contributed by atoms with Crippen molar-refractivity contribution in [1.82, 2.24) is 0 Å². The number of unbranched alkanes of at least 4 members (excludes halogenated alkanes) is 11. The lowest BCUT2D eigenvalue weighted by Gasteiger charge is -2.32. The van der Waals surface area contributed by atoms with E-state index in [2.05, 4.69) is 37.3 Å². The zero-order valence-corrected chi connectivity index (χ0v) is 23.6. The molecule has 0 saturated heterocycles. The van der Waals surface area contributed by atoms with Gasteiger partial charge in [0.15, 0.2) is 6.29 Å². The highest BCUT2D eigenvalue weighted by Crippen LogP contribution is 2.20. The highest BCUT2D eigenvalue weighted by Gasteiger charge is 2.28. The first kappa shape index (κ1) is 30.6. The molecule has 38 heavy (non-hydrogen) atoms. The topological polar surface area (TPSA) is 36.9 Å². The van der Waals surface area contributed by atoms with Gasteiger partial charge in [0.2, 0.25) is 0 Å². The van der Waals surface area contributed by atoms with Gasteiger partial charge in [-0.15, -0.1) is 0 Å². The van der Waals surface area contributed by atoms with E-state index in [1.54, 1.807) is 0 Å². The summed E-state index contributed by atoms with van der Waals surface area (Å²) in [6.07, 6.45) is 19.4. The maximum atomic E-state index is 6.27. The zero-order valence-electron chi connectivity index (χ0n) is 23.6. The van der Waals surface area contributed by atoms with E-state index in [-0.39, 0.29) is 18.5 Å². The van der Waals surface area contributed by atoms with E-state index in [4.69, 9.17) is 18.9 Å². The standard InChI is InChI=1S/C34H50O4/c1-2-3-4-5-6-7-8-9-10-11-12-19-26-36-34-25-24-32(37-28-31-22-17-14-18-23-31)33(38-34)29-35-27-30-20-15-13-16-21-30/h13-18,20-25,32-34H,2-12,19,26-29H2,1H3/t32-,33+,34-/m0/s1. The molecule has 1 heterocycles. The molecule has 0 spiro atoms. The molecule has 0 N–H and O–H groups in total.